The first-order valence-electron chi connectivity index (χ1n) is 12.1. The van der Waals surface area contributed by atoms with Crippen molar-refractivity contribution < 1.29 is 18.3 Å². The zero-order valence-electron chi connectivity index (χ0n) is 21.3. The molecule has 1 aromatic heterocycles. The van der Waals surface area contributed by atoms with E-state index < -0.39 is 15.4 Å². The van der Waals surface area contributed by atoms with Crippen LogP contribution in [0.15, 0.2) is 23.1 Å². The Hall–Kier alpha value is -2.60. The molecule has 1 amide bonds. The van der Waals surface area contributed by atoms with Crippen molar-refractivity contribution in [1.82, 2.24) is 24.5 Å². The molecule has 1 aliphatic rings. The molecular weight excluding hydrogens is 468 g/mol. The highest BCUT2D eigenvalue weighted by Gasteiger charge is 2.35. The van der Waals surface area contributed by atoms with Gasteiger partial charge in [0.05, 0.1) is 17.1 Å². The van der Waals surface area contributed by atoms with Crippen molar-refractivity contribution in [3.8, 4) is 5.75 Å². The summed E-state index contributed by atoms with van der Waals surface area (Å²) in [5.74, 6) is 0.327. The number of aromatic nitrogens is 2. The third-order valence-electron chi connectivity index (χ3n) is 6.32. The second kappa shape index (κ2) is 10.6. The van der Waals surface area contributed by atoms with Gasteiger partial charge in [0.25, 0.3) is 5.91 Å². The Morgan fingerprint density at radius 1 is 1.26 bits per heavy atom. The monoisotopic (exact) mass is 506 g/mol. The molecule has 0 aliphatic carbocycles. The predicted octanol–water partition coefficient (Wildman–Crippen LogP) is 2.66. The Labute approximate surface area is 207 Å². The van der Waals surface area contributed by atoms with Crippen LogP contribution in [0.2, 0.25) is 0 Å². The van der Waals surface area contributed by atoms with E-state index in [1.807, 2.05) is 13.8 Å². The van der Waals surface area contributed by atoms with Crippen molar-refractivity contribution in [2.45, 2.75) is 45.4 Å². The summed E-state index contributed by atoms with van der Waals surface area (Å²) < 4.78 is 32.7. The highest BCUT2D eigenvalue weighted by atomic mass is 32.3. The van der Waals surface area contributed by atoms with E-state index in [4.69, 9.17) is 10.1 Å². The Morgan fingerprint density at radius 3 is 2.54 bits per heavy atom. The molecule has 2 heterocycles. The molecule has 4 N–H and O–H groups in total. The maximum Gasteiger partial charge on any atom is 0.277 e. The number of imidazole rings is 1. The molecule has 3 rings (SSSR count). The van der Waals surface area contributed by atoms with E-state index in [1.165, 1.54) is 12.3 Å². The molecule has 1 aliphatic heterocycles. The van der Waals surface area contributed by atoms with E-state index in [0.29, 0.717) is 44.2 Å². The summed E-state index contributed by atoms with van der Waals surface area (Å²) >= 11 is 0. The van der Waals surface area contributed by atoms with Crippen molar-refractivity contribution in [3.05, 3.63) is 41.0 Å². The van der Waals surface area contributed by atoms with Crippen LogP contribution >= 0.6 is 0 Å². The van der Waals surface area contributed by atoms with Gasteiger partial charge in [-0.1, -0.05) is 13.8 Å². The van der Waals surface area contributed by atoms with Gasteiger partial charge >= 0.3 is 0 Å². The van der Waals surface area contributed by atoms with Crippen molar-refractivity contribution in [2.24, 2.45) is 0 Å². The predicted molar refractivity (Wildman–Crippen MR) is 138 cm³/mol. The zero-order chi connectivity index (χ0) is 25.8. The fourth-order valence-electron chi connectivity index (χ4n) is 4.24. The highest BCUT2D eigenvalue weighted by Crippen LogP contribution is 2.36. The second-order valence-electron chi connectivity index (χ2n) is 8.92. The van der Waals surface area contributed by atoms with Crippen molar-refractivity contribution in [2.75, 3.05) is 45.6 Å². The first kappa shape index (κ1) is 27.0. The van der Waals surface area contributed by atoms with Crippen LogP contribution < -0.4 is 10.1 Å². The van der Waals surface area contributed by atoms with Gasteiger partial charge in [0.1, 0.15) is 23.1 Å². The topological polar surface area (TPSA) is 135 Å². The second-order valence-corrected chi connectivity index (χ2v) is 12.4. The van der Waals surface area contributed by atoms with Crippen LogP contribution in [-0.2, 0) is 16.0 Å². The minimum Gasteiger partial charge on any atom is -0.493 e. The SMILES string of the molecule is CCCc1nc(C(=O)NC(=N)c2cc(S(C)(=O)(O)N3CCN(CC)CC3)ccc2OCC)c(C)[nH]1. The van der Waals surface area contributed by atoms with Gasteiger partial charge in [0.2, 0.25) is 0 Å². The van der Waals surface area contributed by atoms with Crippen LogP contribution in [-0.4, -0.2) is 85.3 Å². The fraction of sp³-hybridized carbons (Fsp3) is 0.542. The van der Waals surface area contributed by atoms with E-state index in [9.17, 15) is 13.6 Å². The molecule has 0 bridgehead atoms. The number of rotatable bonds is 9. The smallest absolute Gasteiger partial charge is 0.277 e. The number of amidine groups is 1. The van der Waals surface area contributed by atoms with Crippen LogP contribution in [0.4, 0.5) is 0 Å². The summed E-state index contributed by atoms with van der Waals surface area (Å²) in [6.45, 7) is 11.2. The van der Waals surface area contributed by atoms with Crippen LogP contribution in [0, 0.1) is 12.3 Å². The van der Waals surface area contributed by atoms with Crippen LogP contribution in [0.25, 0.3) is 0 Å². The maximum absolute atomic E-state index is 14.0. The highest BCUT2D eigenvalue weighted by molar-refractivity contribution is 8.12. The van der Waals surface area contributed by atoms with Gasteiger partial charge in [0.15, 0.2) is 0 Å². The van der Waals surface area contributed by atoms with Crippen LogP contribution in [0.5, 0.6) is 5.75 Å². The maximum atomic E-state index is 14.0. The molecule has 0 atom stereocenters. The summed E-state index contributed by atoms with van der Waals surface area (Å²) in [6, 6.07) is 4.64. The van der Waals surface area contributed by atoms with Crippen LogP contribution in [0.1, 0.15) is 54.8 Å². The van der Waals surface area contributed by atoms with Gasteiger partial charge in [-0.05, 0) is 45.0 Å². The number of piperazine rings is 1. The normalized spacial score (nSPS) is 16.5. The Balaban J connectivity index is 1.90. The Morgan fingerprint density at radius 2 is 1.94 bits per heavy atom. The summed E-state index contributed by atoms with van der Waals surface area (Å²) in [5.41, 5.74) is 1.08. The summed E-state index contributed by atoms with van der Waals surface area (Å²) in [4.78, 5) is 22.8. The molecule has 2 aromatic rings. The van der Waals surface area contributed by atoms with Crippen molar-refractivity contribution in [1.29, 1.82) is 5.41 Å². The zero-order valence-corrected chi connectivity index (χ0v) is 22.1. The Kier molecular flexibility index (Phi) is 8.15. The lowest BCUT2D eigenvalue weighted by Gasteiger charge is -2.51. The lowest BCUT2D eigenvalue weighted by Crippen LogP contribution is -2.57. The number of likely N-dealkylation sites (N-methyl/N-ethyl adjacent to an activating group) is 1. The number of H-pyrrole nitrogens is 1. The molecule has 35 heavy (non-hydrogen) atoms. The summed E-state index contributed by atoms with van der Waals surface area (Å²) in [7, 11) is -4.38. The average molecular weight is 507 g/mol. The molecule has 194 valence electrons. The van der Waals surface area contributed by atoms with E-state index in [0.717, 1.165) is 25.2 Å². The van der Waals surface area contributed by atoms with Gasteiger partial charge in [-0.3, -0.25) is 14.8 Å². The summed E-state index contributed by atoms with van der Waals surface area (Å²) in [6.07, 6.45) is 2.96. The first-order valence-corrected chi connectivity index (χ1v) is 14.4. The van der Waals surface area contributed by atoms with Gasteiger partial charge in [-0.2, -0.15) is 4.21 Å². The van der Waals surface area contributed by atoms with E-state index in [2.05, 4.69) is 27.1 Å². The fourth-order valence-corrected chi connectivity index (χ4v) is 6.33. The number of aryl methyl sites for hydroxylation is 2. The Bertz CT molecular complexity index is 1150. The van der Waals surface area contributed by atoms with E-state index in [1.54, 1.807) is 23.4 Å². The van der Waals surface area contributed by atoms with Gasteiger partial charge < -0.3 is 19.9 Å². The molecule has 1 fully saturated rings. The largest absolute Gasteiger partial charge is 0.493 e. The molecule has 1 aromatic carbocycles. The molecule has 0 spiro atoms. The van der Waals surface area contributed by atoms with Crippen molar-refractivity contribution >= 4 is 21.3 Å². The first-order chi connectivity index (χ1) is 16.5. The third kappa shape index (κ3) is 5.80. The molecule has 0 unspecified atom stereocenters. The number of nitrogens with zero attached hydrogens (tertiary/aromatic N) is 3. The quantitative estimate of drug-likeness (QED) is 0.305. The van der Waals surface area contributed by atoms with Gasteiger partial charge in [-0.15, -0.1) is 9.53 Å². The lowest BCUT2D eigenvalue weighted by atomic mass is 10.1. The molecule has 0 radical (unpaired) electrons. The summed E-state index contributed by atoms with van der Waals surface area (Å²) in [5, 5.41) is 11.2. The minimum absolute atomic E-state index is 0.186. The molecule has 1 saturated heterocycles. The minimum atomic E-state index is -4.38. The van der Waals surface area contributed by atoms with Gasteiger partial charge in [-0.25, -0.2) is 9.29 Å². The molecule has 10 nitrogen and oxygen atoms in total. The number of hydrogen-bond donors (Lipinski definition) is 4. The number of aromatic amines is 1. The van der Waals surface area contributed by atoms with Crippen molar-refractivity contribution in [3.63, 3.8) is 0 Å². The number of carbonyl (C=O) groups is 1. The number of ether oxygens (including phenoxy) is 1. The van der Waals surface area contributed by atoms with E-state index in [-0.39, 0.29) is 22.0 Å². The molecule has 0 saturated carbocycles. The standard InChI is InChI=1S/C24H38N6O4S/c1-6-9-21-26-17(4)22(27-21)24(31)28-23(25)19-16-18(10-11-20(19)34-8-3)35(5,32,33)30-14-12-29(7-2)13-15-30/h10-11,16H,6-9,12-15H2,1-5H3,(H,26,27)(H,32,33)(H2,25,28,31). The van der Waals surface area contributed by atoms with Crippen LogP contribution in [0.3, 0.4) is 0 Å². The number of amides is 1. The average Bonchev–Trinajstić information content (AvgIpc) is 3.19. The number of hydrogen-bond acceptors (Lipinski definition) is 6. The third-order valence-corrected chi connectivity index (χ3v) is 9.24. The number of nitrogens with one attached hydrogen (secondary N) is 3. The van der Waals surface area contributed by atoms with E-state index >= 15 is 0 Å². The molecular formula is C24H38N6O4S. The number of carbonyl (C=O) groups excluding carboxylic acids is 1. The molecule has 11 heteroatoms. The van der Waals surface area contributed by atoms with Gasteiger partial charge in [0, 0.05) is 44.5 Å². The number of benzene rings is 1. The lowest BCUT2D eigenvalue weighted by molar-refractivity contribution is 0.0972.